The Morgan fingerprint density at radius 2 is 2.20 bits per heavy atom. The van der Waals surface area contributed by atoms with Crippen molar-refractivity contribution in [2.45, 2.75) is 18.9 Å². The van der Waals surface area contributed by atoms with Crippen LogP contribution in [0.25, 0.3) is 0 Å². The SMILES string of the molecule is COc1ccc(F)cc1C(=O)N1CC2CCC(N)C2C1. The molecule has 1 saturated heterocycles. The first-order valence-corrected chi connectivity index (χ1v) is 6.98. The molecular weight excluding hydrogens is 259 g/mol. The van der Waals surface area contributed by atoms with Crippen molar-refractivity contribution < 1.29 is 13.9 Å². The molecule has 2 N–H and O–H groups in total. The highest BCUT2D eigenvalue weighted by Crippen LogP contribution is 2.38. The van der Waals surface area contributed by atoms with Crippen LogP contribution in [-0.4, -0.2) is 37.0 Å². The summed E-state index contributed by atoms with van der Waals surface area (Å²) in [7, 11) is 1.48. The Morgan fingerprint density at radius 3 is 2.90 bits per heavy atom. The number of fused-ring (bicyclic) bond motifs is 1. The number of ether oxygens (including phenoxy) is 1. The summed E-state index contributed by atoms with van der Waals surface area (Å²) >= 11 is 0. The summed E-state index contributed by atoms with van der Waals surface area (Å²) in [5.41, 5.74) is 6.37. The van der Waals surface area contributed by atoms with Crippen molar-refractivity contribution in [3.63, 3.8) is 0 Å². The molecule has 3 atom stereocenters. The molecule has 5 heteroatoms. The fourth-order valence-electron chi connectivity index (χ4n) is 3.49. The molecule has 1 heterocycles. The van der Waals surface area contributed by atoms with Crippen LogP contribution >= 0.6 is 0 Å². The topological polar surface area (TPSA) is 55.6 Å². The quantitative estimate of drug-likeness (QED) is 0.895. The minimum atomic E-state index is -0.426. The first-order chi connectivity index (χ1) is 9.60. The lowest BCUT2D eigenvalue weighted by Gasteiger charge is -2.20. The number of hydrogen-bond acceptors (Lipinski definition) is 3. The molecule has 1 aromatic carbocycles. The van der Waals surface area contributed by atoms with Gasteiger partial charge in [0.15, 0.2) is 0 Å². The van der Waals surface area contributed by atoms with Gasteiger partial charge in [-0.2, -0.15) is 0 Å². The number of nitrogens with two attached hydrogens (primary N) is 1. The number of methoxy groups -OCH3 is 1. The van der Waals surface area contributed by atoms with E-state index in [0.717, 1.165) is 19.4 Å². The summed E-state index contributed by atoms with van der Waals surface area (Å²) in [5, 5.41) is 0. The van der Waals surface area contributed by atoms with E-state index < -0.39 is 5.82 Å². The number of nitrogens with zero attached hydrogens (tertiary/aromatic N) is 1. The van der Waals surface area contributed by atoms with Crippen molar-refractivity contribution >= 4 is 5.91 Å². The van der Waals surface area contributed by atoms with E-state index in [1.807, 2.05) is 0 Å². The Bertz CT molecular complexity index is 535. The highest BCUT2D eigenvalue weighted by molar-refractivity contribution is 5.97. The third-order valence-electron chi connectivity index (χ3n) is 4.59. The van der Waals surface area contributed by atoms with E-state index in [2.05, 4.69) is 0 Å². The number of amides is 1. The molecular formula is C15H19FN2O2. The summed E-state index contributed by atoms with van der Waals surface area (Å²) in [4.78, 5) is 14.3. The Morgan fingerprint density at radius 1 is 1.40 bits per heavy atom. The van der Waals surface area contributed by atoms with E-state index in [4.69, 9.17) is 10.5 Å². The molecule has 2 aliphatic rings. The van der Waals surface area contributed by atoms with Gasteiger partial charge in [0.25, 0.3) is 5.91 Å². The van der Waals surface area contributed by atoms with Gasteiger partial charge in [-0.1, -0.05) is 0 Å². The van der Waals surface area contributed by atoms with Crippen LogP contribution in [0.3, 0.4) is 0 Å². The Labute approximate surface area is 117 Å². The number of carbonyl (C=O) groups is 1. The van der Waals surface area contributed by atoms with Gasteiger partial charge < -0.3 is 15.4 Å². The van der Waals surface area contributed by atoms with Crippen LogP contribution in [0.4, 0.5) is 4.39 Å². The highest BCUT2D eigenvalue weighted by Gasteiger charge is 2.42. The molecule has 0 bridgehead atoms. The van der Waals surface area contributed by atoms with Gasteiger partial charge in [-0.3, -0.25) is 4.79 Å². The molecule has 1 aromatic rings. The molecule has 0 radical (unpaired) electrons. The maximum atomic E-state index is 13.4. The van der Waals surface area contributed by atoms with E-state index in [9.17, 15) is 9.18 Å². The summed E-state index contributed by atoms with van der Waals surface area (Å²) in [5.74, 6) is 0.706. The van der Waals surface area contributed by atoms with Crippen LogP contribution in [0.1, 0.15) is 23.2 Å². The second kappa shape index (κ2) is 5.05. The summed E-state index contributed by atoms with van der Waals surface area (Å²) in [6, 6.07) is 4.22. The fraction of sp³-hybridized carbons (Fsp3) is 0.533. The largest absolute Gasteiger partial charge is 0.496 e. The summed E-state index contributed by atoms with van der Waals surface area (Å²) in [6.45, 7) is 1.39. The van der Waals surface area contributed by atoms with Crippen molar-refractivity contribution in [2.75, 3.05) is 20.2 Å². The predicted molar refractivity (Wildman–Crippen MR) is 73.0 cm³/mol. The van der Waals surface area contributed by atoms with Crippen LogP contribution in [0.15, 0.2) is 18.2 Å². The summed E-state index contributed by atoms with van der Waals surface area (Å²) < 4.78 is 18.5. The van der Waals surface area contributed by atoms with Gasteiger partial charge in [0.05, 0.1) is 12.7 Å². The molecule has 1 saturated carbocycles. The van der Waals surface area contributed by atoms with Gasteiger partial charge in [0.1, 0.15) is 11.6 Å². The van der Waals surface area contributed by atoms with Gasteiger partial charge in [0.2, 0.25) is 0 Å². The smallest absolute Gasteiger partial charge is 0.257 e. The number of rotatable bonds is 2. The number of halogens is 1. The Kier molecular flexibility index (Phi) is 3.38. The second-order valence-electron chi connectivity index (χ2n) is 5.72. The van der Waals surface area contributed by atoms with Crippen molar-refractivity contribution in [3.8, 4) is 5.75 Å². The van der Waals surface area contributed by atoms with E-state index in [0.29, 0.717) is 29.7 Å². The number of carbonyl (C=O) groups excluding carboxylic acids is 1. The van der Waals surface area contributed by atoms with Crippen molar-refractivity contribution in [1.29, 1.82) is 0 Å². The van der Waals surface area contributed by atoms with Gasteiger partial charge in [0, 0.05) is 19.1 Å². The van der Waals surface area contributed by atoms with Gasteiger partial charge >= 0.3 is 0 Å². The average Bonchev–Trinajstić information content (AvgIpc) is 3.00. The third-order valence-corrected chi connectivity index (χ3v) is 4.59. The fourth-order valence-corrected chi connectivity index (χ4v) is 3.49. The first kappa shape index (κ1) is 13.4. The minimum Gasteiger partial charge on any atom is -0.496 e. The monoisotopic (exact) mass is 278 g/mol. The van der Waals surface area contributed by atoms with Crippen LogP contribution in [-0.2, 0) is 0 Å². The first-order valence-electron chi connectivity index (χ1n) is 6.98. The molecule has 0 aromatic heterocycles. The van der Waals surface area contributed by atoms with Crippen molar-refractivity contribution in [3.05, 3.63) is 29.6 Å². The van der Waals surface area contributed by atoms with E-state index in [1.165, 1.54) is 25.3 Å². The van der Waals surface area contributed by atoms with Crippen LogP contribution < -0.4 is 10.5 Å². The second-order valence-corrected chi connectivity index (χ2v) is 5.72. The molecule has 2 fully saturated rings. The molecule has 1 aliphatic carbocycles. The molecule has 3 unspecified atom stereocenters. The number of benzene rings is 1. The highest BCUT2D eigenvalue weighted by atomic mass is 19.1. The van der Waals surface area contributed by atoms with E-state index in [1.54, 1.807) is 4.90 Å². The molecule has 1 aliphatic heterocycles. The zero-order chi connectivity index (χ0) is 14.3. The van der Waals surface area contributed by atoms with Crippen LogP contribution in [0, 0.1) is 17.7 Å². The van der Waals surface area contributed by atoms with Gasteiger partial charge in [-0.25, -0.2) is 4.39 Å². The lowest BCUT2D eigenvalue weighted by Crippen LogP contribution is -2.33. The maximum Gasteiger partial charge on any atom is 0.257 e. The zero-order valence-corrected chi connectivity index (χ0v) is 11.5. The molecule has 20 heavy (non-hydrogen) atoms. The van der Waals surface area contributed by atoms with Crippen LogP contribution in [0.2, 0.25) is 0 Å². The molecule has 0 spiro atoms. The van der Waals surface area contributed by atoms with Crippen molar-refractivity contribution in [1.82, 2.24) is 4.90 Å². The minimum absolute atomic E-state index is 0.164. The third kappa shape index (κ3) is 2.16. The lowest BCUT2D eigenvalue weighted by molar-refractivity contribution is 0.0775. The standard InChI is InChI=1S/C15H19FN2O2/c1-20-14-5-3-10(16)6-11(14)15(19)18-7-9-2-4-13(17)12(9)8-18/h3,5-6,9,12-13H,2,4,7-8,17H2,1H3. The molecule has 1 amide bonds. The van der Waals surface area contributed by atoms with Gasteiger partial charge in [-0.05, 0) is 42.9 Å². The molecule has 3 rings (SSSR count). The van der Waals surface area contributed by atoms with Crippen molar-refractivity contribution in [2.24, 2.45) is 17.6 Å². The molecule has 4 nitrogen and oxygen atoms in total. The molecule has 108 valence electrons. The Hall–Kier alpha value is -1.62. The zero-order valence-electron chi connectivity index (χ0n) is 11.5. The number of likely N-dealkylation sites (tertiary alicyclic amines) is 1. The lowest BCUT2D eigenvalue weighted by atomic mass is 9.98. The van der Waals surface area contributed by atoms with E-state index in [-0.39, 0.29) is 11.9 Å². The van der Waals surface area contributed by atoms with Gasteiger partial charge in [-0.15, -0.1) is 0 Å². The predicted octanol–water partition coefficient (Wildman–Crippen LogP) is 1.64. The average molecular weight is 278 g/mol. The normalized spacial score (nSPS) is 28.6. The maximum absolute atomic E-state index is 13.4. The number of hydrogen-bond donors (Lipinski definition) is 1. The Balaban J connectivity index is 1.82. The summed E-state index contributed by atoms with van der Waals surface area (Å²) in [6.07, 6.45) is 2.12. The van der Waals surface area contributed by atoms with Crippen LogP contribution in [0.5, 0.6) is 5.75 Å². The van der Waals surface area contributed by atoms with E-state index >= 15 is 0 Å².